The third-order valence-electron chi connectivity index (χ3n) is 8.41. The molecule has 0 spiro atoms. The summed E-state index contributed by atoms with van der Waals surface area (Å²) in [4.78, 5) is 12.9. The fourth-order valence-electron chi connectivity index (χ4n) is 7.16. The smallest absolute Gasteiger partial charge is 0.164 e. The van der Waals surface area contributed by atoms with Gasteiger partial charge in [-0.05, 0) is 84.5 Å². The SMILES string of the molecule is COCC1=C[C@@H]2[C@@H](C[C@H]3[C@@H]4CCc5cc(OC)ccc5[C@H]4CC[C@]23C)C1=O. The van der Waals surface area contributed by atoms with Crippen LogP contribution in [0.3, 0.4) is 0 Å². The van der Waals surface area contributed by atoms with Crippen molar-refractivity contribution < 1.29 is 14.3 Å². The van der Waals surface area contributed by atoms with Gasteiger partial charge in [-0.3, -0.25) is 4.79 Å². The zero-order valence-electron chi connectivity index (χ0n) is 16.7. The molecule has 2 saturated carbocycles. The zero-order chi connectivity index (χ0) is 18.8. The molecule has 0 aliphatic heterocycles. The summed E-state index contributed by atoms with van der Waals surface area (Å²) >= 11 is 0. The van der Waals surface area contributed by atoms with E-state index in [1.165, 1.54) is 24.8 Å². The number of fused-ring (bicyclic) bond motifs is 7. The molecule has 0 heterocycles. The first-order chi connectivity index (χ1) is 13.1. The summed E-state index contributed by atoms with van der Waals surface area (Å²) in [6, 6.07) is 6.68. The molecule has 1 aromatic carbocycles. The van der Waals surface area contributed by atoms with E-state index in [2.05, 4.69) is 31.2 Å². The summed E-state index contributed by atoms with van der Waals surface area (Å²) in [5.74, 6) is 4.04. The van der Waals surface area contributed by atoms with Crippen LogP contribution in [-0.4, -0.2) is 26.6 Å². The number of methoxy groups -OCH3 is 2. The zero-order valence-corrected chi connectivity index (χ0v) is 16.7. The fourth-order valence-corrected chi connectivity index (χ4v) is 7.16. The standard InChI is InChI=1S/C24H30O3/c1-24-9-8-18-17-7-5-16(27-3)10-14(17)4-6-19(18)22(24)12-20-21(24)11-15(13-26-2)23(20)25/h5,7,10-11,18-22H,4,6,8-9,12-13H2,1-3H3/t18-,19-,20-,21-,22+,24-/m1/s1. The molecule has 0 unspecified atom stereocenters. The Labute approximate surface area is 162 Å². The van der Waals surface area contributed by atoms with Gasteiger partial charge in [0.25, 0.3) is 0 Å². The van der Waals surface area contributed by atoms with E-state index >= 15 is 0 Å². The molecule has 0 aromatic heterocycles. The molecule has 27 heavy (non-hydrogen) atoms. The summed E-state index contributed by atoms with van der Waals surface area (Å²) in [5, 5.41) is 0. The highest BCUT2D eigenvalue weighted by Crippen LogP contribution is 2.66. The number of hydrogen-bond donors (Lipinski definition) is 0. The quantitative estimate of drug-likeness (QED) is 0.787. The van der Waals surface area contributed by atoms with Gasteiger partial charge in [0, 0.05) is 18.6 Å². The molecule has 3 heteroatoms. The maximum Gasteiger partial charge on any atom is 0.164 e. The molecule has 0 saturated heterocycles. The van der Waals surface area contributed by atoms with Gasteiger partial charge in [0.1, 0.15) is 5.75 Å². The van der Waals surface area contributed by atoms with E-state index in [9.17, 15) is 4.79 Å². The molecule has 2 fully saturated rings. The molecule has 1 aromatic rings. The van der Waals surface area contributed by atoms with Gasteiger partial charge >= 0.3 is 0 Å². The van der Waals surface area contributed by atoms with E-state index in [0.717, 1.165) is 30.1 Å². The van der Waals surface area contributed by atoms with Crippen LogP contribution in [0.1, 0.15) is 49.7 Å². The molecule has 3 nitrogen and oxygen atoms in total. The Bertz CT molecular complexity index is 810. The second-order valence-electron chi connectivity index (χ2n) is 9.38. The summed E-state index contributed by atoms with van der Waals surface area (Å²) in [5.41, 5.74) is 4.24. The van der Waals surface area contributed by atoms with Crippen LogP contribution in [0.5, 0.6) is 5.75 Å². The molecule has 0 amide bonds. The highest BCUT2D eigenvalue weighted by Gasteiger charge is 2.60. The maximum absolute atomic E-state index is 12.9. The van der Waals surface area contributed by atoms with E-state index in [0.29, 0.717) is 30.1 Å². The minimum atomic E-state index is 0.209. The molecule has 4 aliphatic carbocycles. The number of carbonyl (C=O) groups excluding carboxylic acids is 1. The summed E-state index contributed by atoms with van der Waals surface area (Å²) in [6.07, 6.45) is 8.26. The van der Waals surface area contributed by atoms with E-state index in [1.54, 1.807) is 19.8 Å². The molecule has 0 N–H and O–H groups in total. The average molecular weight is 367 g/mol. The van der Waals surface area contributed by atoms with Crippen LogP contribution in [0.25, 0.3) is 0 Å². The molecule has 144 valence electrons. The molecular formula is C24H30O3. The lowest BCUT2D eigenvalue weighted by atomic mass is 9.54. The number of hydrogen-bond acceptors (Lipinski definition) is 3. The van der Waals surface area contributed by atoms with Gasteiger partial charge in [-0.2, -0.15) is 0 Å². The summed E-state index contributed by atoms with van der Waals surface area (Å²) < 4.78 is 10.7. The van der Waals surface area contributed by atoms with Gasteiger partial charge in [0.2, 0.25) is 0 Å². The Balaban J connectivity index is 1.46. The van der Waals surface area contributed by atoms with E-state index in [-0.39, 0.29) is 11.3 Å². The average Bonchev–Trinajstić information content (AvgIpc) is 3.15. The molecule has 5 rings (SSSR count). The summed E-state index contributed by atoms with van der Waals surface area (Å²) in [6.45, 7) is 2.95. The second kappa shape index (κ2) is 6.20. The van der Waals surface area contributed by atoms with E-state index in [1.807, 2.05) is 0 Å². The fraction of sp³-hybridized carbons (Fsp3) is 0.625. The predicted octanol–water partition coefficient (Wildman–Crippen LogP) is 4.55. The normalized spacial score (nSPS) is 39.3. The monoisotopic (exact) mass is 366 g/mol. The van der Waals surface area contributed by atoms with Gasteiger partial charge in [0.15, 0.2) is 5.78 Å². The third kappa shape index (κ3) is 2.40. The van der Waals surface area contributed by atoms with Crippen LogP contribution in [0, 0.1) is 29.1 Å². The van der Waals surface area contributed by atoms with Crippen molar-refractivity contribution >= 4 is 5.78 Å². The molecule has 6 atom stereocenters. The van der Waals surface area contributed by atoms with Crippen molar-refractivity contribution in [2.45, 2.75) is 44.9 Å². The van der Waals surface area contributed by atoms with E-state index in [4.69, 9.17) is 9.47 Å². The number of Topliss-reactive ketones (excluding diaryl/α,β-unsaturated/α-hetero) is 1. The Kier molecular flexibility index (Phi) is 4.02. The Morgan fingerprint density at radius 3 is 2.81 bits per heavy atom. The lowest BCUT2D eigenvalue weighted by molar-refractivity contribution is -0.119. The number of aryl methyl sites for hydroxylation is 1. The minimum absolute atomic E-state index is 0.209. The van der Waals surface area contributed by atoms with Crippen LogP contribution < -0.4 is 4.74 Å². The molecular weight excluding hydrogens is 336 g/mol. The number of rotatable bonds is 3. The Morgan fingerprint density at radius 1 is 1.19 bits per heavy atom. The first-order valence-electron chi connectivity index (χ1n) is 10.5. The highest BCUT2D eigenvalue weighted by molar-refractivity contribution is 6.00. The van der Waals surface area contributed by atoms with Crippen LogP contribution >= 0.6 is 0 Å². The van der Waals surface area contributed by atoms with Crippen molar-refractivity contribution in [2.75, 3.05) is 20.8 Å². The van der Waals surface area contributed by atoms with Gasteiger partial charge in [-0.1, -0.05) is 19.1 Å². The van der Waals surface area contributed by atoms with E-state index < -0.39 is 0 Å². The van der Waals surface area contributed by atoms with Crippen molar-refractivity contribution in [1.82, 2.24) is 0 Å². The molecule has 0 bridgehead atoms. The lowest BCUT2D eigenvalue weighted by Crippen LogP contribution is -2.42. The number of benzene rings is 1. The number of ketones is 1. The lowest BCUT2D eigenvalue weighted by Gasteiger charge is -2.50. The van der Waals surface area contributed by atoms with Crippen LogP contribution in [0.15, 0.2) is 29.8 Å². The maximum atomic E-state index is 12.9. The number of carbonyl (C=O) groups is 1. The van der Waals surface area contributed by atoms with Crippen molar-refractivity contribution in [1.29, 1.82) is 0 Å². The topological polar surface area (TPSA) is 35.5 Å². The predicted molar refractivity (Wildman–Crippen MR) is 105 cm³/mol. The highest BCUT2D eigenvalue weighted by atomic mass is 16.5. The van der Waals surface area contributed by atoms with Gasteiger partial charge in [-0.15, -0.1) is 0 Å². The first-order valence-corrected chi connectivity index (χ1v) is 10.5. The van der Waals surface area contributed by atoms with Crippen molar-refractivity contribution in [2.24, 2.45) is 29.1 Å². The van der Waals surface area contributed by atoms with Crippen molar-refractivity contribution in [3.8, 4) is 5.75 Å². The number of ether oxygens (including phenoxy) is 2. The third-order valence-corrected chi connectivity index (χ3v) is 8.41. The number of allylic oxidation sites excluding steroid dienone is 1. The van der Waals surface area contributed by atoms with Gasteiger partial charge < -0.3 is 9.47 Å². The van der Waals surface area contributed by atoms with Gasteiger partial charge in [0.05, 0.1) is 13.7 Å². The molecule has 0 radical (unpaired) electrons. The van der Waals surface area contributed by atoms with Crippen LogP contribution in [-0.2, 0) is 16.0 Å². The second-order valence-corrected chi connectivity index (χ2v) is 9.38. The Morgan fingerprint density at radius 2 is 2.04 bits per heavy atom. The minimum Gasteiger partial charge on any atom is -0.497 e. The van der Waals surface area contributed by atoms with Crippen molar-refractivity contribution in [3.63, 3.8) is 0 Å². The van der Waals surface area contributed by atoms with Gasteiger partial charge in [-0.25, -0.2) is 0 Å². The summed E-state index contributed by atoms with van der Waals surface area (Å²) in [7, 11) is 3.44. The van der Waals surface area contributed by atoms with Crippen molar-refractivity contribution in [3.05, 3.63) is 41.0 Å². The Hall–Kier alpha value is -1.61. The largest absolute Gasteiger partial charge is 0.497 e. The molecule has 4 aliphatic rings. The van der Waals surface area contributed by atoms with Crippen LogP contribution in [0.2, 0.25) is 0 Å². The first kappa shape index (κ1) is 17.5. The van der Waals surface area contributed by atoms with Crippen LogP contribution in [0.4, 0.5) is 0 Å².